The number of carboxylic acids is 1. The van der Waals surface area contributed by atoms with Gasteiger partial charge >= 0.3 is 23.9 Å². The van der Waals surface area contributed by atoms with E-state index in [1.165, 1.54) is 14.2 Å². The van der Waals surface area contributed by atoms with Crippen molar-refractivity contribution in [1.29, 1.82) is 0 Å². The van der Waals surface area contributed by atoms with E-state index in [2.05, 4.69) is 11.7 Å². The first-order chi connectivity index (χ1) is 18.0. The van der Waals surface area contributed by atoms with E-state index in [0.717, 1.165) is 25.7 Å². The van der Waals surface area contributed by atoms with Crippen LogP contribution in [0.15, 0.2) is 0 Å². The van der Waals surface area contributed by atoms with Crippen LogP contribution in [0.2, 0.25) is 0 Å². The average molecular weight is 545 g/mol. The molecule has 0 saturated carbocycles. The Kier molecular flexibility index (Phi) is 15.5. The zero-order valence-corrected chi connectivity index (χ0v) is 24.1. The van der Waals surface area contributed by atoms with Gasteiger partial charge in [0.2, 0.25) is 0 Å². The SMILES string of the molecule is CCOC(=O)[C@H](CC(=O)OC)[C@@H]1C[C@@H](CC)O[C@H](C)C1.CC[C@@H]1C[C@@H]([C@@H](CC(=O)OC)C(=O)O)C[C@@H](C)O1. The lowest BCUT2D eigenvalue weighted by Crippen LogP contribution is -2.38. The summed E-state index contributed by atoms with van der Waals surface area (Å²) in [6, 6.07) is 0. The molecule has 2 aliphatic heterocycles. The molecule has 0 aliphatic carbocycles. The Morgan fingerprint density at radius 3 is 1.55 bits per heavy atom. The van der Waals surface area contributed by atoms with Crippen molar-refractivity contribution < 1.29 is 48.0 Å². The number of aliphatic carboxylic acids is 1. The third-order valence-corrected chi connectivity index (χ3v) is 7.43. The van der Waals surface area contributed by atoms with Crippen molar-refractivity contribution in [3.05, 3.63) is 0 Å². The highest BCUT2D eigenvalue weighted by Crippen LogP contribution is 2.35. The van der Waals surface area contributed by atoms with E-state index in [1.54, 1.807) is 6.92 Å². The number of hydrogen-bond acceptors (Lipinski definition) is 9. The molecular weight excluding hydrogens is 496 g/mol. The number of carbonyl (C=O) groups is 4. The van der Waals surface area contributed by atoms with Gasteiger partial charge in [0.1, 0.15) is 0 Å². The summed E-state index contributed by atoms with van der Waals surface area (Å²) in [7, 11) is 2.62. The minimum Gasteiger partial charge on any atom is -0.481 e. The molecule has 0 aromatic rings. The standard InChI is InChI=1S/C15H26O5.C13H22O5/c1-5-12-8-11(7-10(3)20-12)13(9-14(16)18-4)15(17)19-6-2;1-4-10-6-9(5-8(2)18-10)11(13(15)16)7-12(14)17-3/h10-13H,5-9H2,1-4H3;8-11H,4-7H2,1-3H3,(H,15,16)/t10-,11+,12-,13-;8-,9+,10-,11-/m11/s1. The molecule has 8 atom stereocenters. The lowest BCUT2D eigenvalue weighted by Gasteiger charge is -2.36. The Morgan fingerprint density at radius 1 is 0.763 bits per heavy atom. The smallest absolute Gasteiger partial charge is 0.309 e. The first-order valence-electron chi connectivity index (χ1n) is 13.8. The molecule has 10 heteroatoms. The summed E-state index contributed by atoms with van der Waals surface area (Å²) in [4.78, 5) is 46.3. The summed E-state index contributed by atoms with van der Waals surface area (Å²) < 4.78 is 25.9. The van der Waals surface area contributed by atoms with Crippen molar-refractivity contribution in [2.75, 3.05) is 20.8 Å². The molecule has 0 spiro atoms. The van der Waals surface area contributed by atoms with E-state index in [4.69, 9.17) is 18.9 Å². The lowest BCUT2D eigenvalue weighted by atomic mass is 9.79. The van der Waals surface area contributed by atoms with Gasteiger partial charge in [0.15, 0.2) is 0 Å². The Labute approximate surface area is 227 Å². The number of methoxy groups -OCH3 is 2. The Hall–Kier alpha value is -2.20. The Bertz CT molecular complexity index is 754. The largest absolute Gasteiger partial charge is 0.481 e. The number of esters is 3. The lowest BCUT2D eigenvalue weighted by molar-refractivity contribution is -0.159. The highest BCUT2D eigenvalue weighted by atomic mass is 16.5. The van der Waals surface area contributed by atoms with Crippen molar-refractivity contribution in [2.45, 2.75) is 110 Å². The van der Waals surface area contributed by atoms with E-state index in [-0.39, 0.29) is 61.0 Å². The quantitative estimate of drug-likeness (QED) is 0.298. The molecule has 0 bridgehead atoms. The summed E-state index contributed by atoms with van der Waals surface area (Å²) in [5.74, 6) is -3.05. The minimum absolute atomic E-state index is 0.0182. The second kappa shape index (κ2) is 17.4. The van der Waals surface area contributed by atoms with Gasteiger partial charge in [0.25, 0.3) is 0 Å². The van der Waals surface area contributed by atoms with Crippen LogP contribution in [0.5, 0.6) is 0 Å². The van der Waals surface area contributed by atoms with Crippen molar-refractivity contribution >= 4 is 23.9 Å². The predicted molar refractivity (Wildman–Crippen MR) is 139 cm³/mol. The van der Waals surface area contributed by atoms with Crippen molar-refractivity contribution in [2.24, 2.45) is 23.7 Å². The van der Waals surface area contributed by atoms with Crippen molar-refractivity contribution in [3.8, 4) is 0 Å². The molecule has 38 heavy (non-hydrogen) atoms. The Balaban J connectivity index is 0.000000382. The molecule has 0 radical (unpaired) electrons. The fraction of sp³-hybridized carbons (Fsp3) is 0.857. The van der Waals surface area contributed by atoms with Crippen molar-refractivity contribution in [3.63, 3.8) is 0 Å². The number of hydrogen-bond donors (Lipinski definition) is 1. The maximum Gasteiger partial charge on any atom is 0.309 e. The van der Waals surface area contributed by atoms with Crippen LogP contribution in [-0.2, 0) is 42.9 Å². The first-order valence-corrected chi connectivity index (χ1v) is 13.8. The highest BCUT2D eigenvalue weighted by molar-refractivity contribution is 5.80. The maximum atomic E-state index is 12.1. The predicted octanol–water partition coefficient (Wildman–Crippen LogP) is 4.17. The summed E-state index contributed by atoms with van der Waals surface area (Å²) >= 11 is 0. The summed E-state index contributed by atoms with van der Waals surface area (Å²) in [5.41, 5.74) is 0. The van der Waals surface area contributed by atoms with Gasteiger partial charge in [-0.05, 0) is 71.1 Å². The molecule has 0 unspecified atom stereocenters. The molecular formula is C28H48O10. The fourth-order valence-electron chi connectivity index (χ4n) is 5.46. The topological polar surface area (TPSA) is 135 Å². The number of ether oxygens (including phenoxy) is 5. The van der Waals surface area contributed by atoms with Gasteiger partial charge in [-0.15, -0.1) is 0 Å². The van der Waals surface area contributed by atoms with Crippen LogP contribution >= 0.6 is 0 Å². The summed E-state index contributed by atoms with van der Waals surface area (Å²) in [6.07, 6.45) is 5.17. The molecule has 10 nitrogen and oxygen atoms in total. The van der Waals surface area contributed by atoms with E-state index >= 15 is 0 Å². The molecule has 2 heterocycles. The number of rotatable bonds is 11. The van der Waals surface area contributed by atoms with Gasteiger partial charge in [-0.25, -0.2) is 0 Å². The van der Waals surface area contributed by atoms with Gasteiger partial charge in [-0.2, -0.15) is 0 Å². The minimum atomic E-state index is -0.922. The van der Waals surface area contributed by atoms with Crippen LogP contribution in [0.25, 0.3) is 0 Å². The monoisotopic (exact) mass is 544 g/mol. The molecule has 2 rings (SSSR count). The van der Waals surface area contributed by atoms with E-state index in [1.807, 2.05) is 20.8 Å². The van der Waals surface area contributed by atoms with Crippen LogP contribution in [-0.4, -0.2) is 74.2 Å². The number of carbonyl (C=O) groups excluding carboxylic acids is 3. The normalized spacial score (nSPS) is 28.6. The molecule has 2 fully saturated rings. The van der Waals surface area contributed by atoms with Gasteiger partial charge < -0.3 is 28.8 Å². The second-order valence-corrected chi connectivity index (χ2v) is 10.3. The molecule has 2 saturated heterocycles. The Morgan fingerprint density at radius 2 is 1.18 bits per heavy atom. The van der Waals surface area contributed by atoms with Crippen LogP contribution in [0.3, 0.4) is 0 Å². The molecule has 220 valence electrons. The van der Waals surface area contributed by atoms with E-state index < -0.39 is 23.8 Å². The zero-order valence-electron chi connectivity index (χ0n) is 24.1. The van der Waals surface area contributed by atoms with Gasteiger partial charge in [-0.1, -0.05) is 13.8 Å². The zero-order chi connectivity index (χ0) is 28.8. The fourth-order valence-corrected chi connectivity index (χ4v) is 5.46. The third-order valence-electron chi connectivity index (χ3n) is 7.43. The highest BCUT2D eigenvalue weighted by Gasteiger charge is 2.38. The van der Waals surface area contributed by atoms with Gasteiger partial charge in [0.05, 0.1) is 69.9 Å². The third kappa shape index (κ3) is 11.3. The van der Waals surface area contributed by atoms with E-state index in [0.29, 0.717) is 19.4 Å². The second-order valence-electron chi connectivity index (χ2n) is 10.3. The molecule has 2 aliphatic rings. The molecule has 1 N–H and O–H groups in total. The van der Waals surface area contributed by atoms with Crippen LogP contribution < -0.4 is 0 Å². The summed E-state index contributed by atoms with van der Waals surface area (Å²) in [5, 5.41) is 9.27. The average Bonchev–Trinajstić information content (AvgIpc) is 2.89. The molecule has 0 aromatic carbocycles. The van der Waals surface area contributed by atoms with Gasteiger partial charge in [0, 0.05) is 0 Å². The van der Waals surface area contributed by atoms with Crippen LogP contribution in [0.4, 0.5) is 0 Å². The number of carboxylic acid groups (broad SMARTS) is 1. The first kappa shape index (κ1) is 33.8. The van der Waals surface area contributed by atoms with Crippen LogP contribution in [0, 0.1) is 23.7 Å². The van der Waals surface area contributed by atoms with Crippen molar-refractivity contribution in [1.82, 2.24) is 0 Å². The molecule has 0 aromatic heterocycles. The van der Waals surface area contributed by atoms with E-state index in [9.17, 15) is 24.3 Å². The van der Waals surface area contributed by atoms with Gasteiger partial charge in [-0.3, -0.25) is 19.2 Å². The molecule has 0 amide bonds. The van der Waals surface area contributed by atoms with Crippen LogP contribution in [0.1, 0.15) is 86.0 Å². The summed E-state index contributed by atoms with van der Waals surface area (Å²) in [6.45, 7) is 10.2. The maximum absolute atomic E-state index is 12.1.